The van der Waals surface area contributed by atoms with Crippen LogP contribution >= 0.6 is 0 Å². The van der Waals surface area contributed by atoms with Gasteiger partial charge in [-0.15, -0.1) is 0 Å². The normalized spacial score (nSPS) is 34.9. The van der Waals surface area contributed by atoms with E-state index in [2.05, 4.69) is 0 Å². The number of benzene rings is 1. The van der Waals surface area contributed by atoms with Crippen molar-refractivity contribution in [3.8, 4) is 0 Å². The highest BCUT2D eigenvalue weighted by Gasteiger charge is 2.71. The molecule has 19 heavy (non-hydrogen) atoms. The summed E-state index contributed by atoms with van der Waals surface area (Å²) >= 11 is 0. The molecule has 0 unspecified atom stereocenters. The van der Waals surface area contributed by atoms with Gasteiger partial charge in [-0.1, -0.05) is 30.3 Å². The highest BCUT2D eigenvalue weighted by molar-refractivity contribution is 5.17. The highest BCUT2D eigenvalue weighted by atomic mass is 19.4. The fourth-order valence-electron chi connectivity index (χ4n) is 3.43. The minimum Gasteiger partial charge on any atom is -0.380 e. The number of hydrogen-bond acceptors (Lipinski definition) is 2. The Morgan fingerprint density at radius 3 is 2.26 bits per heavy atom. The summed E-state index contributed by atoms with van der Waals surface area (Å²) < 4.78 is 38.7. The van der Waals surface area contributed by atoms with E-state index in [9.17, 15) is 18.3 Å². The second-order valence-corrected chi connectivity index (χ2v) is 5.63. The molecule has 2 heterocycles. The van der Waals surface area contributed by atoms with Crippen LogP contribution in [0.25, 0.3) is 0 Å². The van der Waals surface area contributed by atoms with Gasteiger partial charge in [-0.3, -0.25) is 4.90 Å². The van der Waals surface area contributed by atoms with Gasteiger partial charge in [0.25, 0.3) is 0 Å². The van der Waals surface area contributed by atoms with Crippen LogP contribution in [0.2, 0.25) is 0 Å². The molecular formula is C14H16F3NO. The maximum atomic E-state index is 12.9. The molecule has 0 aromatic heterocycles. The van der Waals surface area contributed by atoms with Crippen molar-refractivity contribution in [2.45, 2.75) is 24.7 Å². The van der Waals surface area contributed by atoms with Crippen LogP contribution < -0.4 is 0 Å². The third-order valence-corrected chi connectivity index (χ3v) is 4.47. The maximum absolute atomic E-state index is 12.9. The van der Waals surface area contributed by atoms with E-state index in [1.807, 2.05) is 35.2 Å². The van der Waals surface area contributed by atoms with Crippen molar-refractivity contribution in [3.63, 3.8) is 0 Å². The topological polar surface area (TPSA) is 23.5 Å². The van der Waals surface area contributed by atoms with Crippen molar-refractivity contribution in [2.75, 3.05) is 13.1 Å². The van der Waals surface area contributed by atoms with Gasteiger partial charge in [0.05, 0.1) is 0 Å². The number of piperidine rings is 2. The van der Waals surface area contributed by atoms with E-state index < -0.39 is 23.6 Å². The van der Waals surface area contributed by atoms with E-state index in [-0.39, 0.29) is 0 Å². The lowest BCUT2D eigenvalue weighted by Gasteiger charge is -2.59. The summed E-state index contributed by atoms with van der Waals surface area (Å²) in [5, 5.41) is 9.86. The van der Waals surface area contributed by atoms with Crippen LogP contribution in [0.1, 0.15) is 12.0 Å². The van der Waals surface area contributed by atoms with Crippen molar-refractivity contribution < 1.29 is 18.3 Å². The lowest BCUT2D eigenvalue weighted by Crippen LogP contribution is -2.72. The molecule has 4 rings (SSSR count). The summed E-state index contributed by atoms with van der Waals surface area (Å²) in [6, 6.07) is 9.70. The summed E-state index contributed by atoms with van der Waals surface area (Å²) in [6.07, 6.45) is -4.01. The number of nitrogens with zero attached hydrogens (tertiary/aromatic N) is 1. The predicted octanol–water partition coefficient (Wildman–Crippen LogP) is 2.43. The molecule has 2 aliphatic heterocycles. The van der Waals surface area contributed by atoms with Gasteiger partial charge in [0.2, 0.25) is 0 Å². The second-order valence-electron chi connectivity index (χ2n) is 5.63. The molecule has 2 atom stereocenters. The largest absolute Gasteiger partial charge is 0.417 e. The molecule has 2 nitrogen and oxygen atoms in total. The van der Waals surface area contributed by atoms with Gasteiger partial charge in [-0.2, -0.15) is 13.2 Å². The summed E-state index contributed by atoms with van der Waals surface area (Å²) in [6.45, 7) is 1.30. The smallest absolute Gasteiger partial charge is 0.380 e. The first-order valence-corrected chi connectivity index (χ1v) is 6.46. The second kappa shape index (κ2) is 4.21. The van der Waals surface area contributed by atoms with Crippen LogP contribution in [0.15, 0.2) is 30.3 Å². The Hall–Kier alpha value is -1.07. The molecule has 1 aromatic carbocycles. The molecule has 1 aliphatic carbocycles. The van der Waals surface area contributed by atoms with Gasteiger partial charge in [-0.25, -0.2) is 0 Å². The third-order valence-electron chi connectivity index (χ3n) is 4.47. The van der Waals surface area contributed by atoms with Crippen LogP contribution in [0, 0.1) is 11.8 Å². The van der Waals surface area contributed by atoms with Gasteiger partial charge in [-0.05, 0) is 12.0 Å². The Labute approximate surface area is 109 Å². The van der Waals surface area contributed by atoms with E-state index in [1.165, 1.54) is 0 Å². The average molecular weight is 271 g/mol. The Morgan fingerprint density at radius 2 is 1.74 bits per heavy atom. The molecule has 3 fully saturated rings. The van der Waals surface area contributed by atoms with Gasteiger partial charge in [0.1, 0.15) is 0 Å². The van der Waals surface area contributed by atoms with E-state index >= 15 is 0 Å². The molecule has 0 spiro atoms. The Balaban J connectivity index is 1.68. The Bertz CT molecular complexity index is 448. The molecule has 1 N–H and O–H groups in total. The summed E-state index contributed by atoms with van der Waals surface area (Å²) in [5.74, 6) is -1.34. The Kier molecular flexibility index (Phi) is 2.87. The lowest BCUT2D eigenvalue weighted by atomic mass is 9.57. The van der Waals surface area contributed by atoms with E-state index in [1.54, 1.807) is 0 Å². The molecular weight excluding hydrogens is 255 g/mol. The summed E-state index contributed by atoms with van der Waals surface area (Å²) in [4.78, 5) is 2.01. The minimum absolute atomic E-state index is 0.321. The van der Waals surface area contributed by atoms with Crippen LogP contribution in [-0.2, 0) is 6.54 Å². The SMILES string of the molecule is OC1(C(F)(F)F)[C@H]2C[C@H]1CN(Cc1ccccc1)C2. The molecule has 2 bridgehead atoms. The zero-order valence-corrected chi connectivity index (χ0v) is 10.4. The fraction of sp³-hybridized carbons (Fsp3) is 0.571. The van der Waals surface area contributed by atoms with Gasteiger partial charge in [0.15, 0.2) is 5.60 Å². The minimum atomic E-state index is -4.50. The average Bonchev–Trinajstić information content (AvgIpc) is 2.38. The lowest BCUT2D eigenvalue weighted by molar-refractivity contribution is -0.351. The molecule has 2 saturated heterocycles. The number of fused-ring (bicyclic) bond motifs is 2. The zero-order chi connectivity index (χ0) is 13.7. The first-order chi connectivity index (χ1) is 8.91. The molecule has 1 saturated carbocycles. The molecule has 1 aromatic rings. The van der Waals surface area contributed by atoms with Gasteiger partial charge < -0.3 is 5.11 Å². The number of halogens is 3. The molecule has 5 heteroatoms. The van der Waals surface area contributed by atoms with Crippen molar-refractivity contribution in [3.05, 3.63) is 35.9 Å². The number of hydrogen-bond donors (Lipinski definition) is 1. The van der Waals surface area contributed by atoms with E-state index in [0.29, 0.717) is 26.1 Å². The van der Waals surface area contributed by atoms with Crippen LogP contribution in [0.3, 0.4) is 0 Å². The van der Waals surface area contributed by atoms with Crippen molar-refractivity contribution in [1.29, 1.82) is 0 Å². The standard InChI is InChI=1S/C14H16F3NO/c15-14(16,17)13(19)11-6-12(13)9-18(8-11)7-10-4-2-1-3-5-10/h1-5,11-12,19H,6-9H2/t11-,12-/m0/s1. The number of aliphatic hydroxyl groups is 1. The Morgan fingerprint density at radius 1 is 1.16 bits per heavy atom. The summed E-state index contributed by atoms with van der Waals surface area (Å²) in [5.41, 5.74) is -1.35. The fourth-order valence-corrected chi connectivity index (χ4v) is 3.43. The predicted molar refractivity (Wildman–Crippen MR) is 64.3 cm³/mol. The third kappa shape index (κ3) is 1.96. The number of alkyl halides is 3. The van der Waals surface area contributed by atoms with Crippen molar-refractivity contribution in [1.82, 2.24) is 4.90 Å². The highest BCUT2D eigenvalue weighted by Crippen LogP contribution is 2.56. The molecule has 104 valence electrons. The molecule has 0 amide bonds. The van der Waals surface area contributed by atoms with E-state index in [0.717, 1.165) is 5.56 Å². The van der Waals surface area contributed by atoms with Crippen LogP contribution in [0.4, 0.5) is 13.2 Å². The van der Waals surface area contributed by atoms with Crippen LogP contribution in [-0.4, -0.2) is 34.9 Å². The maximum Gasteiger partial charge on any atom is 0.417 e. The van der Waals surface area contributed by atoms with Crippen LogP contribution in [0.5, 0.6) is 0 Å². The molecule has 3 aliphatic rings. The molecule has 0 radical (unpaired) electrons. The van der Waals surface area contributed by atoms with Gasteiger partial charge >= 0.3 is 6.18 Å². The summed E-state index contributed by atoms with van der Waals surface area (Å²) in [7, 11) is 0. The first kappa shape index (κ1) is 12.9. The van der Waals surface area contributed by atoms with Crippen molar-refractivity contribution >= 4 is 0 Å². The van der Waals surface area contributed by atoms with Gasteiger partial charge in [0, 0.05) is 31.5 Å². The quantitative estimate of drug-likeness (QED) is 0.893. The van der Waals surface area contributed by atoms with E-state index in [4.69, 9.17) is 0 Å². The zero-order valence-electron chi connectivity index (χ0n) is 10.4. The number of rotatable bonds is 2. The first-order valence-electron chi connectivity index (χ1n) is 6.46. The van der Waals surface area contributed by atoms with Crippen molar-refractivity contribution in [2.24, 2.45) is 11.8 Å². The monoisotopic (exact) mass is 271 g/mol.